The Morgan fingerprint density at radius 1 is 1.25 bits per heavy atom. The van der Waals surface area contributed by atoms with Crippen molar-refractivity contribution < 1.29 is 9.59 Å². The summed E-state index contributed by atoms with van der Waals surface area (Å²) in [5.74, 6) is 0.0570. The summed E-state index contributed by atoms with van der Waals surface area (Å²) in [6.45, 7) is 5.59. The minimum Gasteiger partial charge on any atom is -0.295 e. The second-order valence-electron chi connectivity index (χ2n) is 2.86. The molecule has 0 aliphatic heterocycles. The first kappa shape index (κ1) is 11.5. The van der Waals surface area contributed by atoms with Gasteiger partial charge in [0.2, 0.25) is 0 Å². The Morgan fingerprint density at radius 3 is 2.25 bits per heavy atom. The molecule has 1 atom stereocenters. The van der Waals surface area contributed by atoms with E-state index < -0.39 is 0 Å². The molecule has 0 aliphatic carbocycles. The van der Waals surface area contributed by atoms with Crippen LogP contribution in [-0.2, 0) is 9.59 Å². The molecule has 0 N–H and O–H groups in total. The Bertz CT molecular complexity index is 203. The topological polar surface area (TPSA) is 34.1 Å². The summed E-state index contributed by atoms with van der Waals surface area (Å²) in [6, 6.07) is 0. The fourth-order valence-corrected chi connectivity index (χ4v) is 1.13. The third-order valence-corrected chi connectivity index (χ3v) is 2.13. The molecule has 0 aromatic heterocycles. The van der Waals surface area contributed by atoms with Crippen LogP contribution in [0.2, 0.25) is 0 Å². The van der Waals surface area contributed by atoms with Crippen molar-refractivity contribution >= 4 is 19.9 Å². The minimum atomic E-state index is 0.0570. The summed E-state index contributed by atoms with van der Waals surface area (Å²) in [5, 5.41) is 0. The van der Waals surface area contributed by atoms with Gasteiger partial charge in [-0.15, -0.1) is 0 Å². The molecule has 0 heterocycles. The first-order valence-corrected chi connectivity index (χ1v) is 5.44. The molecule has 0 saturated carbocycles. The average Bonchev–Trinajstić information content (AvgIpc) is 1.99. The van der Waals surface area contributed by atoms with Gasteiger partial charge in [-0.25, -0.2) is 0 Å². The molecule has 0 aromatic rings. The molecule has 0 radical (unpaired) electrons. The zero-order chi connectivity index (χ0) is 9.56. The molecular formula is C9H15O2P. The largest absolute Gasteiger partial charge is 0.295 e. The van der Waals surface area contributed by atoms with E-state index in [-0.39, 0.29) is 11.3 Å². The van der Waals surface area contributed by atoms with Gasteiger partial charge in [-0.1, -0.05) is 14.2 Å². The van der Waals surface area contributed by atoms with E-state index in [0.717, 1.165) is 5.57 Å². The van der Waals surface area contributed by atoms with E-state index in [4.69, 9.17) is 0 Å². The lowest BCUT2D eigenvalue weighted by Crippen LogP contribution is -1.97. The van der Waals surface area contributed by atoms with Crippen LogP contribution < -0.4 is 0 Å². The number of allylic oxidation sites excluding steroid dienone is 2. The highest BCUT2D eigenvalue weighted by atomic mass is 31.1. The zero-order valence-electron chi connectivity index (χ0n) is 7.81. The van der Waals surface area contributed by atoms with Gasteiger partial charge in [0.05, 0.1) is 0 Å². The van der Waals surface area contributed by atoms with E-state index in [1.54, 1.807) is 6.08 Å². The van der Waals surface area contributed by atoms with Crippen LogP contribution in [0.15, 0.2) is 11.6 Å². The van der Waals surface area contributed by atoms with E-state index in [0.29, 0.717) is 21.4 Å². The first-order chi connectivity index (χ1) is 5.56. The van der Waals surface area contributed by atoms with Crippen LogP contribution in [0.4, 0.5) is 0 Å². The molecule has 0 fully saturated rings. The Balaban J connectivity index is 3.73. The monoisotopic (exact) mass is 186 g/mol. The molecule has 68 valence electrons. The predicted octanol–water partition coefficient (Wildman–Crippen LogP) is 2.14. The fourth-order valence-electron chi connectivity index (χ4n) is 0.756. The Morgan fingerprint density at radius 2 is 1.83 bits per heavy atom. The number of hydrogen-bond acceptors (Lipinski definition) is 2. The predicted molar refractivity (Wildman–Crippen MR) is 52.9 cm³/mol. The number of carbonyl (C=O) groups is 2. The molecule has 0 bridgehead atoms. The molecule has 2 nitrogen and oxygen atoms in total. The van der Waals surface area contributed by atoms with Crippen LogP contribution in [0.5, 0.6) is 0 Å². The van der Waals surface area contributed by atoms with Gasteiger partial charge in [-0.2, -0.15) is 0 Å². The van der Waals surface area contributed by atoms with E-state index in [9.17, 15) is 9.59 Å². The van der Waals surface area contributed by atoms with Crippen molar-refractivity contribution in [1.29, 1.82) is 0 Å². The molecule has 0 amide bonds. The average molecular weight is 186 g/mol. The SMILES string of the molecule is CPC(=O)CCC(=O)C=C(C)C. The maximum Gasteiger partial charge on any atom is 0.156 e. The van der Waals surface area contributed by atoms with Crippen LogP contribution in [0.25, 0.3) is 0 Å². The summed E-state index contributed by atoms with van der Waals surface area (Å²) in [4.78, 5) is 21.9. The first-order valence-electron chi connectivity index (χ1n) is 3.94. The lowest BCUT2D eigenvalue weighted by Gasteiger charge is -1.94. The van der Waals surface area contributed by atoms with E-state index in [1.807, 2.05) is 20.5 Å². The fraction of sp³-hybridized carbons (Fsp3) is 0.556. The molecule has 0 aliphatic rings. The van der Waals surface area contributed by atoms with Crippen molar-refractivity contribution in [2.24, 2.45) is 0 Å². The number of rotatable bonds is 5. The van der Waals surface area contributed by atoms with Crippen LogP contribution in [0, 0.1) is 0 Å². The smallest absolute Gasteiger partial charge is 0.156 e. The highest BCUT2D eigenvalue weighted by Gasteiger charge is 2.02. The normalized spacial score (nSPS) is 10.2. The van der Waals surface area contributed by atoms with Crippen molar-refractivity contribution in [2.45, 2.75) is 26.7 Å². The number of hydrogen-bond donors (Lipinski definition) is 0. The molecular weight excluding hydrogens is 171 g/mol. The van der Waals surface area contributed by atoms with Crippen LogP contribution in [-0.4, -0.2) is 18.0 Å². The van der Waals surface area contributed by atoms with Crippen molar-refractivity contribution in [3.05, 3.63) is 11.6 Å². The molecule has 0 rings (SSSR count). The van der Waals surface area contributed by atoms with Gasteiger partial charge in [0, 0.05) is 12.8 Å². The summed E-state index contributed by atoms with van der Waals surface area (Å²) in [6.07, 6.45) is 2.36. The van der Waals surface area contributed by atoms with E-state index >= 15 is 0 Å². The summed E-state index contributed by atoms with van der Waals surface area (Å²) in [7, 11) is 0.315. The van der Waals surface area contributed by atoms with Crippen LogP contribution in [0.1, 0.15) is 26.7 Å². The standard InChI is InChI=1S/C9H15O2P/c1-7(2)6-8(10)4-5-9(11)12-3/h6,12H,4-5H2,1-3H3. The van der Waals surface area contributed by atoms with Crippen molar-refractivity contribution in [1.82, 2.24) is 0 Å². The molecule has 3 heteroatoms. The molecule has 12 heavy (non-hydrogen) atoms. The Kier molecular flexibility index (Phi) is 5.83. The lowest BCUT2D eigenvalue weighted by molar-refractivity contribution is -0.118. The Labute approximate surface area is 75.2 Å². The van der Waals surface area contributed by atoms with Crippen molar-refractivity contribution in [3.63, 3.8) is 0 Å². The van der Waals surface area contributed by atoms with E-state index in [2.05, 4.69) is 0 Å². The third-order valence-electron chi connectivity index (χ3n) is 1.33. The van der Waals surface area contributed by atoms with Crippen molar-refractivity contribution in [3.8, 4) is 0 Å². The third kappa shape index (κ3) is 6.23. The summed E-state index contributed by atoms with van der Waals surface area (Å²) < 4.78 is 0. The van der Waals surface area contributed by atoms with Gasteiger partial charge < -0.3 is 0 Å². The molecule has 0 spiro atoms. The van der Waals surface area contributed by atoms with Crippen LogP contribution in [0.3, 0.4) is 0 Å². The van der Waals surface area contributed by atoms with Gasteiger partial charge in [-0.3, -0.25) is 9.59 Å². The quantitative estimate of drug-likeness (QED) is 0.487. The summed E-state index contributed by atoms with van der Waals surface area (Å²) in [5.41, 5.74) is 1.18. The molecule has 0 saturated heterocycles. The minimum absolute atomic E-state index is 0.0570. The zero-order valence-corrected chi connectivity index (χ0v) is 8.81. The summed E-state index contributed by atoms with van der Waals surface area (Å²) >= 11 is 0. The Hall–Kier alpha value is -0.490. The highest BCUT2D eigenvalue weighted by Crippen LogP contribution is 2.09. The number of ketones is 1. The highest BCUT2D eigenvalue weighted by molar-refractivity contribution is 7.57. The van der Waals surface area contributed by atoms with Crippen LogP contribution >= 0.6 is 8.58 Å². The lowest BCUT2D eigenvalue weighted by atomic mass is 10.2. The van der Waals surface area contributed by atoms with Gasteiger partial charge in [0.15, 0.2) is 11.3 Å². The molecule has 1 unspecified atom stereocenters. The second-order valence-corrected chi connectivity index (χ2v) is 3.92. The van der Waals surface area contributed by atoms with E-state index in [1.165, 1.54) is 0 Å². The number of carbonyl (C=O) groups excluding carboxylic acids is 2. The van der Waals surface area contributed by atoms with Gasteiger partial charge >= 0.3 is 0 Å². The van der Waals surface area contributed by atoms with Crippen molar-refractivity contribution in [2.75, 3.05) is 6.66 Å². The van der Waals surface area contributed by atoms with Gasteiger partial charge in [0.25, 0.3) is 0 Å². The molecule has 0 aromatic carbocycles. The maximum atomic E-state index is 11.0. The van der Waals surface area contributed by atoms with Gasteiger partial charge in [0.1, 0.15) is 0 Å². The maximum absolute atomic E-state index is 11.0. The van der Waals surface area contributed by atoms with Gasteiger partial charge in [-0.05, 0) is 26.6 Å². The second kappa shape index (κ2) is 6.07.